The first-order valence-electron chi connectivity index (χ1n) is 7.53. The predicted octanol–water partition coefficient (Wildman–Crippen LogP) is 3.12. The Kier molecular flexibility index (Phi) is 6.31. The van der Waals surface area contributed by atoms with E-state index in [-0.39, 0.29) is 12.5 Å². The average Bonchev–Trinajstić information content (AvgIpc) is 2.60. The molecule has 0 heterocycles. The zero-order valence-electron chi connectivity index (χ0n) is 14.0. The summed E-state index contributed by atoms with van der Waals surface area (Å²) in [7, 11) is 3.10. The molecular formula is C18H21NO5. The molecule has 0 aliphatic rings. The number of anilines is 1. The summed E-state index contributed by atoms with van der Waals surface area (Å²) in [6.07, 6.45) is 0. The van der Waals surface area contributed by atoms with Gasteiger partial charge in [-0.1, -0.05) is 12.1 Å². The molecule has 1 amide bonds. The van der Waals surface area contributed by atoms with Gasteiger partial charge in [-0.2, -0.15) is 0 Å². The molecule has 0 saturated heterocycles. The first-order valence-corrected chi connectivity index (χ1v) is 7.53. The number of hydrogen-bond acceptors (Lipinski definition) is 5. The quantitative estimate of drug-likeness (QED) is 0.805. The van der Waals surface area contributed by atoms with Crippen LogP contribution >= 0.6 is 0 Å². The largest absolute Gasteiger partial charge is 0.497 e. The minimum atomic E-state index is -0.295. The summed E-state index contributed by atoms with van der Waals surface area (Å²) in [5.74, 6) is 2.02. The van der Waals surface area contributed by atoms with Crippen LogP contribution in [0.2, 0.25) is 0 Å². The maximum atomic E-state index is 12.1. The summed E-state index contributed by atoms with van der Waals surface area (Å²) in [6, 6.07) is 12.4. The molecule has 0 atom stereocenters. The standard InChI is InChI=1S/C18H21NO5/c1-4-23-16-7-5-6-8-17(16)24-12-18(20)19-13-9-14(21-2)11-15(10-13)22-3/h5-11H,4,12H2,1-3H3,(H,19,20). The van der Waals surface area contributed by atoms with Crippen molar-refractivity contribution < 1.29 is 23.7 Å². The fourth-order valence-corrected chi connectivity index (χ4v) is 2.06. The van der Waals surface area contributed by atoms with Crippen molar-refractivity contribution in [3.05, 3.63) is 42.5 Å². The van der Waals surface area contributed by atoms with Crippen LogP contribution in [0.4, 0.5) is 5.69 Å². The van der Waals surface area contributed by atoms with Crippen LogP contribution in [0.15, 0.2) is 42.5 Å². The molecule has 0 bridgehead atoms. The summed E-state index contributed by atoms with van der Waals surface area (Å²) < 4.78 is 21.3. The second-order valence-corrected chi connectivity index (χ2v) is 4.82. The molecule has 0 radical (unpaired) electrons. The van der Waals surface area contributed by atoms with Gasteiger partial charge in [0.25, 0.3) is 5.91 Å². The minimum Gasteiger partial charge on any atom is -0.497 e. The molecule has 0 aromatic heterocycles. The van der Waals surface area contributed by atoms with Gasteiger partial charge in [0.05, 0.1) is 20.8 Å². The molecule has 2 aromatic carbocycles. The Balaban J connectivity index is 1.99. The van der Waals surface area contributed by atoms with E-state index in [0.29, 0.717) is 35.3 Å². The van der Waals surface area contributed by atoms with Gasteiger partial charge < -0.3 is 24.3 Å². The number of methoxy groups -OCH3 is 2. The molecule has 0 spiro atoms. The summed E-state index contributed by atoms with van der Waals surface area (Å²) in [6.45, 7) is 2.28. The van der Waals surface area contributed by atoms with Crippen LogP contribution in [-0.4, -0.2) is 33.3 Å². The van der Waals surface area contributed by atoms with Gasteiger partial charge in [-0.15, -0.1) is 0 Å². The van der Waals surface area contributed by atoms with E-state index in [2.05, 4.69) is 5.32 Å². The lowest BCUT2D eigenvalue weighted by molar-refractivity contribution is -0.118. The Labute approximate surface area is 141 Å². The number of para-hydroxylation sites is 2. The maximum Gasteiger partial charge on any atom is 0.262 e. The predicted molar refractivity (Wildman–Crippen MR) is 91.3 cm³/mol. The average molecular weight is 331 g/mol. The SMILES string of the molecule is CCOc1ccccc1OCC(=O)Nc1cc(OC)cc(OC)c1. The van der Waals surface area contributed by atoms with E-state index >= 15 is 0 Å². The number of nitrogens with one attached hydrogen (secondary N) is 1. The highest BCUT2D eigenvalue weighted by Crippen LogP contribution is 2.27. The van der Waals surface area contributed by atoms with Crippen molar-refractivity contribution in [2.45, 2.75) is 6.92 Å². The van der Waals surface area contributed by atoms with E-state index in [1.54, 1.807) is 44.6 Å². The van der Waals surface area contributed by atoms with Crippen LogP contribution in [0.25, 0.3) is 0 Å². The minimum absolute atomic E-state index is 0.135. The summed E-state index contributed by atoms with van der Waals surface area (Å²) in [5.41, 5.74) is 0.567. The first-order chi connectivity index (χ1) is 11.7. The monoisotopic (exact) mass is 331 g/mol. The first kappa shape index (κ1) is 17.5. The molecule has 6 nitrogen and oxygen atoms in total. The molecule has 0 aliphatic carbocycles. The number of carbonyl (C=O) groups excluding carboxylic acids is 1. The smallest absolute Gasteiger partial charge is 0.262 e. The van der Waals surface area contributed by atoms with E-state index in [0.717, 1.165) is 0 Å². The van der Waals surface area contributed by atoms with Crippen molar-refractivity contribution >= 4 is 11.6 Å². The van der Waals surface area contributed by atoms with Gasteiger partial charge in [-0.05, 0) is 19.1 Å². The van der Waals surface area contributed by atoms with E-state index in [9.17, 15) is 4.79 Å². The number of ether oxygens (including phenoxy) is 4. The summed E-state index contributed by atoms with van der Waals surface area (Å²) in [4.78, 5) is 12.1. The van der Waals surface area contributed by atoms with Crippen LogP contribution < -0.4 is 24.3 Å². The fraction of sp³-hybridized carbons (Fsp3) is 0.278. The third-order valence-electron chi connectivity index (χ3n) is 3.14. The Morgan fingerprint density at radius 1 is 0.958 bits per heavy atom. The molecule has 2 aromatic rings. The lowest BCUT2D eigenvalue weighted by Gasteiger charge is -2.12. The molecule has 2 rings (SSSR count). The van der Waals surface area contributed by atoms with Gasteiger partial charge in [0.1, 0.15) is 11.5 Å². The zero-order chi connectivity index (χ0) is 17.4. The van der Waals surface area contributed by atoms with Gasteiger partial charge >= 0.3 is 0 Å². The number of hydrogen-bond donors (Lipinski definition) is 1. The van der Waals surface area contributed by atoms with E-state index < -0.39 is 0 Å². The van der Waals surface area contributed by atoms with Gasteiger partial charge in [-0.3, -0.25) is 4.79 Å². The van der Waals surface area contributed by atoms with Crippen molar-refractivity contribution in [3.8, 4) is 23.0 Å². The lowest BCUT2D eigenvalue weighted by atomic mass is 10.2. The van der Waals surface area contributed by atoms with Gasteiger partial charge in [0.15, 0.2) is 18.1 Å². The van der Waals surface area contributed by atoms with Crippen LogP contribution in [0.5, 0.6) is 23.0 Å². The Morgan fingerprint density at radius 3 is 2.08 bits per heavy atom. The highest BCUT2D eigenvalue weighted by molar-refractivity contribution is 5.92. The van der Waals surface area contributed by atoms with E-state index in [1.165, 1.54) is 0 Å². The molecule has 0 unspecified atom stereocenters. The zero-order valence-corrected chi connectivity index (χ0v) is 14.0. The number of amides is 1. The van der Waals surface area contributed by atoms with Crippen molar-refractivity contribution in [2.24, 2.45) is 0 Å². The molecule has 128 valence electrons. The second-order valence-electron chi connectivity index (χ2n) is 4.82. The van der Waals surface area contributed by atoms with Crippen LogP contribution in [0, 0.1) is 0 Å². The molecule has 1 N–H and O–H groups in total. The molecular weight excluding hydrogens is 310 g/mol. The Morgan fingerprint density at radius 2 is 1.54 bits per heavy atom. The van der Waals surface area contributed by atoms with E-state index in [4.69, 9.17) is 18.9 Å². The molecule has 0 fully saturated rings. The van der Waals surface area contributed by atoms with Crippen LogP contribution in [-0.2, 0) is 4.79 Å². The topological polar surface area (TPSA) is 66.0 Å². The molecule has 0 aliphatic heterocycles. The van der Waals surface area contributed by atoms with Crippen LogP contribution in [0.1, 0.15) is 6.92 Å². The highest BCUT2D eigenvalue weighted by Gasteiger charge is 2.09. The lowest BCUT2D eigenvalue weighted by Crippen LogP contribution is -2.20. The van der Waals surface area contributed by atoms with Crippen LogP contribution in [0.3, 0.4) is 0 Å². The van der Waals surface area contributed by atoms with Gasteiger partial charge in [-0.25, -0.2) is 0 Å². The second kappa shape index (κ2) is 8.67. The van der Waals surface area contributed by atoms with E-state index in [1.807, 2.05) is 19.1 Å². The van der Waals surface area contributed by atoms with Crippen molar-refractivity contribution in [2.75, 3.05) is 32.8 Å². The highest BCUT2D eigenvalue weighted by atomic mass is 16.5. The fourth-order valence-electron chi connectivity index (χ4n) is 2.06. The molecule has 24 heavy (non-hydrogen) atoms. The van der Waals surface area contributed by atoms with Crippen molar-refractivity contribution in [1.82, 2.24) is 0 Å². The summed E-state index contributed by atoms with van der Waals surface area (Å²) >= 11 is 0. The van der Waals surface area contributed by atoms with Gasteiger partial charge in [0.2, 0.25) is 0 Å². The normalized spacial score (nSPS) is 9.96. The third-order valence-corrected chi connectivity index (χ3v) is 3.14. The summed E-state index contributed by atoms with van der Waals surface area (Å²) in [5, 5.41) is 2.75. The Hall–Kier alpha value is -2.89. The van der Waals surface area contributed by atoms with Gasteiger partial charge in [0, 0.05) is 23.9 Å². The molecule has 6 heteroatoms. The number of carbonyl (C=O) groups is 1. The van der Waals surface area contributed by atoms with Crippen molar-refractivity contribution in [1.29, 1.82) is 0 Å². The number of benzene rings is 2. The molecule has 0 saturated carbocycles. The third kappa shape index (κ3) is 4.81. The Bertz CT molecular complexity index is 665. The maximum absolute atomic E-state index is 12.1. The van der Waals surface area contributed by atoms with Crippen molar-refractivity contribution in [3.63, 3.8) is 0 Å². The number of rotatable bonds is 8.